The van der Waals surface area contributed by atoms with Gasteiger partial charge in [0.05, 0.1) is 14.2 Å². The van der Waals surface area contributed by atoms with Crippen LogP contribution in [0.25, 0.3) is 0 Å². The van der Waals surface area contributed by atoms with E-state index in [9.17, 15) is 4.79 Å². The molecule has 7 heteroatoms. The van der Waals surface area contributed by atoms with Crippen molar-refractivity contribution in [2.45, 2.75) is 13.1 Å². The second-order valence-corrected chi connectivity index (χ2v) is 5.14. The van der Waals surface area contributed by atoms with E-state index >= 15 is 0 Å². The number of aromatic nitrogens is 1. The fourth-order valence-corrected chi connectivity index (χ4v) is 2.17. The molecule has 2 aromatic rings. The van der Waals surface area contributed by atoms with Gasteiger partial charge in [-0.2, -0.15) is 0 Å². The number of carbonyl (C=O) groups is 1. The van der Waals surface area contributed by atoms with Crippen LogP contribution in [-0.4, -0.2) is 25.2 Å². The van der Waals surface area contributed by atoms with Gasteiger partial charge in [0.15, 0.2) is 0 Å². The van der Waals surface area contributed by atoms with E-state index in [1.165, 1.54) is 0 Å². The van der Waals surface area contributed by atoms with Crippen LogP contribution in [-0.2, 0) is 13.1 Å². The lowest BCUT2D eigenvalue weighted by Crippen LogP contribution is -2.34. The van der Waals surface area contributed by atoms with Crippen LogP contribution < -0.4 is 20.1 Å². The number of nitrogens with one attached hydrogen (secondary N) is 2. The summed E-state index contributed by atoms with van der Waals surface area (Å²) in [7, 11) is 3.12. The lowest BCUT2D eigenvalue weighted by Gasteiger charge is -2.11. The maximum Gasteiger partial charge on any atom is 0.315 e. The van der Waals surface area contributed by atoms with Gasteiger partial charge in [0.2, 0.25) is 5.88 Å². The Kier molecular flexibility index (Phi) is 6.05. The first kappa shape index (κ1) is 16.9. The van der Waals surface area contributed by atoms with Crippen molar-refractivity contribution in [2.75, 3.05) is 14.2 Å². The van der Waals surface area contributed by atoms with Crippen LogP contribution >= 0.6 is 11.6 Å². The first-order valence-corrected chi connectivity index (χ1v) is 7.33. The standard InChI is InChI=1S/C16H18ClN3O3/c1-22-14-4-3-13(17)8-12(14)10-20-16(21)19-9-11-5-6-18-15(7-11)23-2/h3-8H,9-10H2,1-2H3,(H2,19,20,21). The molecule has 0 aliphatic heterocycles. The number of hydrogen-bond acceptors (Lipinski definition) is 4. The van der Waals surface area contributed by atoms with E-state index in [1.807, 2.05) is 6.07 Å². The number of hydrogen-bond donors (Lipinski definition) is 2. The largest absolute Gasteiger partial charge is 0.496 e. The van der Waals surface area contributed by atoms with Crippen molar-refractivity contribution in [1.82, 2.24) is 15.6 Å². The number of benzene rings is 1. The SMILES string of the molecule is COc1cc(CNC(=O)NCc2cc(Cl)ccc2OC)ccn1. The maximum atomic E-state index is 11.9. The second kappa shape index (κ2) is 8.24. The minimum Gasteiger partial charge on any atom is -0.496 e. The Morgan fingerprint density at radius 1 is 1.13 bits per heavy atom. The summed E-state index contributed by atoms with van der Waals surface area (Å²) in [6, 6.07) is 8.54. The molecule has 2 N–H and O–H groups in total. The highest BCUT2D eigenvalue weighted by Crippen LogP contribution is 2.22. The Labute approximate surface area is 139 Å². The Balaban J connectivity index is 1.86. The minimum absolute atomic E-state index is 0.289. The zero-order valence-electron chi connectivity index (χ0n) is 12.9. The van der Waals surface area contributed by atoms with Crippen molar-refractivity contribution in [3.63, 3.8) is 0 Å². The summed E-state index contributed by atoms with van der Waals surface area (Å²) in [5, 5.41) is 6.12. The van der Waals surface area contributed by atoms with Crippen molar-refractivity contribution < 1.29 is 14.3 Å². The molecule has 0 saturated heterocycles. The molecule has 2 rings (SSSR count). The van der Waals surface area contributed by atoms with E-state index in [0.29, 0.717) is 29.7 Å². The molecule has 1 heterocycles. The molecule has 1 aromatic heterocycles. The molecule has 0 saturated carbocycles. The fourth-order valence-electron chi connectivity index (χ4n) is 1.98. The third-order valence-electron chi connectivity index (χ3n) is 3.14. The zero-order chi connectivity index (χ0) is 16.7. The monoisotopic (exact) mass is 335 g/mol. The van der Waals surface area contributed by atoms with E-state index < -0.39 is 0 Å². The van der Waals surface area contributed by atoms with E-state index in [4.69, 9.17) is 21.1 Å². The molecule has 0 aliphatic carbocycles. The molecule has 1 aromatic carbocycles. The summed E-state index contributed by atoms with van der Waals surface area (Å²) in [5.74, 6) is 1.18. The molecule has 0 bridgehead atoms. The highest BCUT2D eigenvalue weighted by molar-refractivity contribution is 6.30. The zero-order valence-corrected chi connectivity index (χ0v) is 13.7. The highest BCUT2D eigenvalue weighted by atomic mass is 35.5. The van der Waals surface area contributed by atoms with Crippen molar-refractivity contribution in [2.24, 2.45) is 0 Å². The van der Waals surface area contributed by atoms with Gasteiger partial charge in [0, 0.05) is 35.9 Å². The van der Waals surface area contributed by atoms with Gasteiger partial charge in [-0.1, -0.05) is 11.6 Å². The molecule has 0 atom stereocenters. The molecule has 122 valence electrons. The van der Waals surface area contributed by atoms with Gasteiger partial charge in [0.25, 0.3) is 0 Å². The van der Waals surface area contributed by atoms with Crippen molar-refractivity contribution >= 4 is 17.6 Å². The lowest BCUT2D eigenvalue weighted by atomic mass is 10.2. The van der Waals surface area contributed by atoms with Gasteiger partial charge in [0.1, 0.15) is 5.75 Å². The number of amides is 2. The summed E-state index contributed by atoms with van der Waals surface area (Å²) >= 11 is 5.96. The topological polar surface area (TPSA) is 72.5 Å². The maximum absolute atomic E-state index is 11.9. The van der Waals surface area contributed by atoms with Gasteiger partial charge >= 0.3 is 6.03 Å². The number of nitrogens with zero attached hydrogens (tertiary/aromatic N) is 1. The Hall–Kier alpha value is -2.47. The van der Waals surface area contributed by atoms with Crippen LogP contribution in [0.4, 0.5) is 4.79 Å². The predicted molar refractivity (Wildman–Crippen MR) is 87.9 cm³/mol. The van der Waals surface area contributed by atoms with Crippen LogP contribution in [0.15, 0.2) is 36.5 Å². The third-order valence-corrected chi connectivity index (χ3v) is 3.38. The average molecular weight is 336 g/mol. The number of pyridine rings is 1. The smallest absolute Gasteiger partial charge is 0.315 e. The van der Waals surface area contributed by atoms with Crippen LogP contribution in [0.2, 0.25) is 5.02 Å². The van der Waals surface area contributed by atoms with Gasteiger partial charge in [-0.25, -0.2) is 9.78 Å². The third kappa shape index (κ3) is 5.03. The normalized spacial score (nSPS) is 10.0. The van der Waals surface area contributed by atoms with Gasteiger partial charge in [-0.15, -0.1) is 0 Å². The highest BCUT2D eigenvalue weighted by Gasteiger charge is 2.06. The lowest BCUT2D eigenvalue weighted by molar-refractivity contribution is 0.240. The van der Waals surface area contributed by atoms with Gasteiger partial charge in [-0.3, -0.25) is 0 Å². The first-order valence-electron chi connectivity index (χ1n) is 6.95. The fraction of sp³-hybridized carbons (Fsp3) is 0.250. The Morgan fingerprint density at radius 2 is 1.91 bits per heavy atom. The molecule has 0 radical (unpaired) electrons. The summed E-state index contributed by atoms with van der Waals surface area (Å²) in [5.41, 5.74) is 1.70. The summed E-state index contributed by atoms with van der Waals surface area (Å²) in [4.78, 5) is 15.9. The van der Waals surface area contributed by atoms with Crippen molar-refractivity contribution in [3.8, 4) is 11.6 Å². The number of halogens is 1. The van der Waals surface area contributed by atoms with E-state index in [0.717, 1.165) is 11.1 Å². The Bertz CT molecular complexity index is 679. The van der Waals surface area contributed by atoms with Crippen molar-refractivity contribution in [3.05, 3.63) is 52.7 Å². The van der Waals surface area contributed by atoms with E-state index in [2.05, 4.69) is 15.6 Å². The molecule has 23 heavy (non-hydrogen) atoms. The molecule has 0 fully saturated rings. The van der Waals surface area contributed by atoms with Crippen LogP contribution in [0, 0.1) is 0 Å². The van der Waals surface area contributed by atoms with Crippen molar-refractivity contribution in [1.29, 1.82) is 0 Å². The first-order chi connectivity index (χ1) is 11.1. The number of ether oxygens (including phenoxy) is 2. The number of rotatable bonds is 6. The quantitative estimate of drug-likeness (QED) is 0.851. The molecular formula is C16H18ClN3O3. The van der Waals surface area contributed by atoms with E-state index in [-0.39, 0.29) is 6.03 Å². The average Bonchev–Trinajstić information content (AvgIpc) is 2.58. The summed E-state index contributed by atoms with van der Waals surface area (Å²) in [6.07, 6.45) is 1.63. The van der Waals surface area contributed by atoms with Crippen LogP contribution in [0.3, 0.4) is 0 Å². The minimum atomic E-state index is -0.289. The number of urea groups is 1. The van der Waals surface area contributed by atoms with E-state index in [1.54, 1.807) is 44.7 Å². The van der Waals surface area contributed by atoms with Gasteiger partial charge < -0.3 is 20.1 Å². The van der Waals surface area contributed by atoms with Gasteiger partial charge in [-0.05, 0) is 29.8 Å². The number of methoxy groups -OCH3 is 2. The molecule has 0 spiro atoms. The Morgan fingerprint density at radius 3 is 2.65 bits per heavy atom. The molecule has 0 unspecified atom stereocenters. The molecule has 2 amide bonds. The second-order valence-electron chi connectivity index (χ2n) is 4.70. The molecule has 6 nitrogen and oxygen atoms in total. The summed E-state index contributed by atoms with van der Waals surface area (Å²) < 4.78 is 10.3. The molecular weight excluding hydrogens is 318 g/mol. The van der Waals surface area contributed by atoms with Crippen LogP contribution in [0.5, 0.6) is 11.6 Å². The summed E-state index contributed by atoms with van der Waals surface area (Å²) in [6.45, 7) is 0.687. The predicted octanol–water partition coefficient (Wildman–Crippen LogP) is 2.75. The number of carbonyl (C=O) groups excluding carboxylic acids is 1. The molecule has 0 aliphatic rings. The van der Waals surface area contributed by atoms with Crippen LogP contribution in [0.1, 0.15) is 11.1 Å².